The predicted molar refractivity (Wildman–Crippen MR) is 47.4 cm³/mol. The molecule has 0 atom stereocenters. The van der Waals surface area contributed by atoms with Crippen LogP contribution in [-0.2, 0) is 0 Å². The highest BCUT2D eigenvalue weighted by molar-refractivity contribution is 5.29. The van der Waals surface area contributed by atoms with Gasteiger partial charge in [-0.2, -0.15) is 4.98 Å². The number of nitrogens with zero attached hydrogens (tertiary/aromatic N) is 2. The lowest BCUT2D eigenvalue weighted by atomic mass is 10.4. The lowest BCUT2D eigenvalue weighted by Crippen LogP contribution is -2.01. The van der Waals surface area contributed by atoms with Gasteiger partial charge in [-0.25, -0.2) is 5.10 Å². The third-order valence-corrected chi connectivity index (χ3v) is 1.21. The van der Waals surface area contributed by atoms with Crippen LogP contribution in [0.4, 0.5) is 11.9 Å². The summed E-state index contributed by atoms with van der Waals surface area (Å²) >= 11 is 0. The second-order valence-electron chi connectivity index (χ2n) is 2.15. The van der Waals surface area contributed by atoms with Gasteiger partial charge in [-0.3, -0.25) is 0 Å². The molecule has 0 saturated carbocycles. The van der Waals surface area contributed by atoms with Crippen molar-refractivity contribution in [1.29, 1.82) is 0 Å². The molecule has 0 aliphatic heterocycles. The Kier molecular flexibility index (Phi) is 2.96. The van der Waals surface area contributed by atoms with E-state index in [0.29, 0.717) is 11.9 Å². The highest BCUT2D eigenvalue weighted by Crippen LogP contribution is 1.97. The second kappa shape index (κ2) is 4.23. The van der Waals surface area contributed by atoms with Crippen molar-refractivity contribution in [3.8, 4) is 11.8 Å². The van der Waals surface area contributed by atoms with Crippen LogP contribution < -0.4 is 11.1 Å². The number of nitrogen functional groups attached to an aromatic ring is 1. The number of nitrogens with one attached hydrogen (secondary N) is 2. The van der Waals surface area contributed by atoms with Crippen LogP contribution >= 0.6 is 0 Å². The van der Waals surface area contributed by atoms with Crippen molar-refractivity contribution < 1.29 is 0 Å². The molecule has 0 fully saturated rings. The highest BCUT2D eigenvalue weighted by atomic mass is 15.3. The molecule has 4 N–H and O–H groups in total. The number of aromatic nitrogens is 3. The van der Waals surface area contributed by atoms with E-state index in [4.69, 9.17) is 5.73 Å². The number of H-pyrrole nitrogens is 1. The maximum absolute atomic E-state index is 5.31. The minimum absolute atomic E-state index is 0.319. The molecule has 0 spiro atoms. The summed E-state index contributed by atoms with van der Waals surface area (Å²) in [6.07, 6.45) is 0.783. The molecule has 0 aromatic carbocycles. The summed E-state index contributed by atoms with van der Waals surface area (Å²) in [5.74, 6) is 6.55. The standard InChI is InChI=1S/C7H11N5/c1-2-3-4-5-9-7-10-6(8)11-12-7/h4-5H2,1H3,(H4,8,9,10,11,12). The number of anilines is 2. The summed E-state index contributed by atoms with van der Waals surface area (Å²) < 4.78 is 0. The van der Waals surface area contributed by atoms with Crippen LogP contribution in [-0.4, -0.2) is 21.7 Å². The maximum Gasteiger partial charge on any atom is 0.243 e. The Labute approximate surface area is 70.8 Å². The number of hydrogen-bond acceptors (Lipinski definition) is 4. The van der Waals surface area contributed by atoms with Gasteiger partial charge in [-0.05, 0) is 6.92 Å². The molecule has 0 radical (unpaired) electrons. The highest BCUT2D eigenvalue weighted by Gasteiger charge is 1.95. The third-order valence-electron chi connectivity index (χ3n) is 1.21. The van der Waals surface area contributed by atoms with E-state index in [9.17, 15) is 0 Å². The van der Waals surface area contributed by atoms with E-state index < -0.39 is 0 Å². The van der Waals surface area contributed by atoms with E-state index in [0.717, 1.165) is 13.0 Å². The molecule has 0 aliphatic carbocycles. The van der Waals surface area contributed by atoms with Gasteiger partial charge in [0.15, 0.2) is 0 Å². The van der Waals surface area contributed by atoms with Crippen LogP contribution in [0.1, 0.15) is 13.3 Å². The number of hydrogen-bond donors (Lipinski definition) is 3. The molecule has 64 valence electrons. The first-order valence-corrected chi connectivity index (χ1v) is 3.64. The smallest absolute Gasteiger partial charge is 0.243 e. The van der Waals surface area contributed by atoms with Gasteiger partial charge in [0.25, 0.3) is 0 Å². The van der Waals surface area contributed by atoms with Gasteiger partial charge in [-0.15, -0.1) is 16.9 Å². The van der Waals surface area contributed by atoms with Crippen molar-refractivity contribution in [2.75, 3.05) is 17.6 Å². The predicted octanol–water partition coefficient (Wildman–Crippen LogP) is 0.212. The topological polar surface area (TPSA) is 79.6 Å². The summed E-state index contributed by atoms with van der Waals surface area (Å²) in [6.45, 7) is 2.54. The fourth-order valence-corrected chi connectivity index (χ4v) is 0.715. The summed E-state index contributed by atoms with van der Waals surface area (Å²) in [5, 5.41) is 9.28. The molecule has 0 aliphatic rings. The molecule has 0 amide bonds. The number of rotatable bonds is 3. The molecule has 1 aromatic rings. The normalized spacial score (nSPS) is 8.75. The van der Waals surface area contributed by atoms with Gasteiger partial charge in [-0.1, -0.05) is 0 Å². The summed E-state index contributed by atoms with van der Waals surface area (Å²) in [7, 11) is 0. The van der Waals surface area contributed by atoms with Gasteiger partial charge in [0.2, 0.25) is 11.9 Å². The first-order chi connectivity index (χ1) is 5.83. The van der Waals surface area contributed by atoms with Gasteiger partial charge in [0, 0.05) is 13.0 Å². The summed E-state index contributed by atoms with van der Waals surface area (Å²) in [5.41, 5.74) is 5.31. The lowest BCUT2D eigenvalue weighted by molar-refractivity contribution is 1.03. The van der Waals surface area contributed by atoms with Crippen molar-refractivity contribution >= 4 is 11.9 Å². The van der Waals surface area contributed by atoms with Gasteiger partial charge < -0.3 is 11.1 Å². The number of nitrogens with two attached hydrogens (primary N) is 1. The molecule has 1 rings (SSSR count). The third kappa shape index (κ3) is 2.50. The van der Waals surface area contributed by atoms with Crippen LogP contribution in [0, 0.1) is 11.8 Å². The molecule has 5 heteroatoms. The fraction of sp³-hybridized carbons (Fsp3) is 0.429. The second-order valence-corrected chi connectivity index (χ2v) is 2.15. The van der Waals surface area contributed by atoms with Gasteiger partial charge >= 0.3 is 0 Å². The van der Waals surface area contributed by atoms with E-state index in [1.807, 2.05) is 6.92 Å². The molecule has 1 heterocycles. The average Bonchev–Trinajstić information content (AvgIpc) is 2.45. The van der Waals surface area contributed by atoms with Crippen LogP contribution in [0.3, 0.4) is 0 Å². The molecule has 5 nitrogen and oxygen atoms in total. The molecular weight excluding hydrogens is 154 g/mol. The Bertz CT molecular complexity index is 292. The molecule has 1 aromatic heterocycles. The minimum Gasteiger partial charge on any atom is -0.368 e. The Morgan fingerprint density at radius 2 is 2.50 bits per heavy atom. The zero-order valence-electron chi connectivity index (χ0n) is 6.89. The van der Waals surface area contributed by atoms with Crippen LogP contribution in [0.15, 0.2) is 0 Å². The SMILES string of the molecule is CC#CCCNc1n[nH]c(N)n1. The average molecular weight is 165 g/mol. The van der Waals surface area contributed by atoms with Crippen molar-refractivity contribution in [3.05, 3.63) is 0 Å². The van der Waals surface area contributed by atoms with E-state index in [2.05, 4.69) is 32.3 Å². The zero-order chi connectivity index (χ0) is 8.81. The van der Waals surface area contributed by atoms with E-state index in [1.165, 1.54) is 0 Å². The summed E-state index contributed by atoms with van der Waals surface area (Å²) in [4.78, 5) is 3.86. The molecule has 0 bridgehead atoms. The van der Waals surface area contributed by atoms with E-state index in [1.54, 1.807) is 0 Å². The maximum atomic E-state index is 5.31. The minimum atomic E-state index is 0.319. The quantitative estimate of drug-likeness (QED) is 0.442. The van der Waals surface area contributed by atoms with Crippen LogP contribution in [0.5, 0.6) is 0 Å². The van der Waals surface area contributed by atoms with Crippen molar-refractivity contribution in [2.45, 2.75) is 13.3 Å². The first-order valence-electron chi connectivity index (χ1n) is 3.64. The van der Waals surface area contributed by atoms with Crippen molar-refractivity contribution in [1.82, 2.24) is 15.2 Å². The van der Waals surface area contributed by atoms with Gasteiger partial charge in [0.05, 0.1) is 0 Å². The van der Waals surface area contributed by atoms with Crippen molar-refractivity contribution in [2.24, 2.45) is 0 Å². The molecular formula is C7H11N5. The van der Waals surface area contributed by atoms with E-state index in [-0.39, 0.29) is 0 Å². The molecule has 0 unspecified atom stereocenters. The Morgan fingerprint density at radius 1 is 1.67 bits per heavy atom. The van der Waals surface area contributed by atoms with Gasteiger partial charge in [0.1, 0.15) is 0 Å². The zero-order valence-corrected chi connectivity index (χ0v) is 6.89. The Hall–Kier alpha value is -1.70. The summed E-state index contributed by atoms with van der Waals surface area (Å²) in [6, 6.07) is 0. The first kappa shape index (κ1) is 8.40. The largest absolute Gasteiger partial charge is 0.368 e. The number of aromatic amines is 1. The van der Waals surface area contributed by atoms with Crippen molar-refractivity contribution in [3.63, 3.8) is 0 Å². The Balaban J connectivity index is 2.27. The van der Waals surface area contributed by atoms with E-state index >= 15 is 0 Å². The molecule has 0 saturated heterocycles. The molecule has 12 heavy (non-hydrogen) atoms. The fourth-order valence-electron chi connectivity index (χ4n) is 0.715. The van der Waals surface area contributed by atoms with Crippen LogP contribution in [0.2, 0.25) is 0 Å². The Morgan fingerprint density at radius 3 is 3.08 bits per heavy atom. The monoisotopic (exact) mass is 165 g/mol. The van der Waals surface area contributed by atoms with Crippen LogP contribution in [0.25, 0.3) is 0 Å². The lowest BCUT2D eigenvalue weighted by Gasteiger charge is -1.94.